The molecule has 2 heterocycles. The summed E-state index contributed by atoms with van der Waals surface area (Å²) < 4.78 is 0.391. The fraction of sp³-hybridized carbons (Fsp3) is 0.312. The number of H-pyrrole nitrogens is 1. The number of hydrogen-bond donors (Lipinski definition) is 3. The van der Waals surface area contributed by atoms with Gasteiger partial charge >= 0.3 is 0 Å². The van der Waals surface area contributed by atoms with Crippen molar-refractivity contribution in [3.05, 3.63) is 45.0 Å². The molecule has 1 saturated heterocycles. The van der Waals surface area contributed by atoms with E-state index in [0.29, 0.717) is 20.9 Å². The van der Waals surface area contributed by atoms with Crippen LogP contribution in [-0.4, -0.2) is 40.1 Å². The number of piperidine rings is 1. The van der Waals surface area contributed by atoms with Gasteiger partial charge in [0.2, 0.25) is 0 Å². The molecule has 0 aliphatic carbocycles. The molecule has 1 aliphatic rings. The Balaban J connectivity index is 1.69. The quantitative estimate of drug-likeness (QED) is 0.700. The van der Waals surface area contributed by atoms with Crippen molar-refractivity contribution in [1.82, 2.24) is 20.6 Å². The summed E-state index contributed by atoms with van der Waals surface area (Å²) in [6.45, 7) is 1.65. The van der Waals surface area contributed by atoms with Crippen LogP contribution >= 0.6 is 27.5 Å². The Morgan fingerprint density at radius 3 is 2.60 bits per heavy atom. The van der Waals surface area contributed by atoms with Gasteiger partial charge in [-0.05, 0) is 40.9 Å². The van der Waals surface area contributed by atoms with Gasteiger partial charge in [0.25, 0.3) is 11.8 Å². The van der Waals surface area contributed by atoms with Gasteiger partial charge in [-0.15, -0.1) is 0 Å². The van der Waals surface area contributed by atoms with E-state index in [1.54, 1.807) is 24.3 Å². The molecule has 132 valence electrons. The molecular formula is C16H17BrClN5O2. The minimum atomic E-state index is -0.391. The Bertz CT molecular complexity index is 789. The first-order valence-electron chi connectivity index (χ1n) is 7.92. The van der Waals surface area contributed by atoms with E-state index in [9.17, 15) is 9.59 Å². The zero-order chi connectivity index (χ0) is 17.8. The minimum absolute atomic E-state index is 0.181. The number of benzene rings is 1. The first-order valence-corrected chi connectivity index (χ1v) is 9.09. The van der Waals surface area contributed by atoms with Crippen molar-refractivity contribution in [3.8, 4) is 0 Å². The molecule has 9 heteroatoms. The largest absolute Gasteiger partial charge is 0.306 e. The van der Waals surface area contributed by atoms with Crippen LogP contribution in [-0.2, 0) is 0 Å². The minimum Gasteiger partial charge on any atom is -0.306 e. The molecule has 3 N–H and O–H groups in total. The SMILES string of the molecule is O=C(Nc1[nH]nc(C(=O)NN2CCCCC2)c1Br)c1ccccc1Cl. The number of aromatic amines is 1. The van der Waals surface area contributed by atoms with Crippen molar-refractivity contribution in [3.63, 3.8) is 0 Å². The molecule has 3 rings (SSSR count). The summed E-state index contributed by atoms with van der Waals surface area (Å²) in [5.41, 5.74) is 3.35. The van der Waals surface area contributed by atoms with Gasteiger partial charge in [0, 0.05) is 13.1 Å². The number of halogens is 2. The van der Waals surface area contributed by atoms with Crippen molar-refractivity contribution in [2.24, 2.45) is 0 Å². The Morgan fingerprint density at radius 1 is 1.16 bits per heavy atom. The van der Waals surface area contributed by atoms with Crippen molar-refractivity contribution in [2.75, 3.05) is 18.4 Å². The van der Waals surface area contributed by atoms with Crippen LogP contribution in [0.25, 0.3) is 0 Å². The first kappa shape index (κ1) is 17.9. The summed E-state index contributed by atoms with van der Waals surface area (Å²) in [5, 5.41) is 11.5. The Labute approximate surface area is 158 Å². The van der Waals surface area contributed by atoms with Gasteiger partial charge in [0.1, 0.15) is 5.82 Å². The molecule has 0 bridgehead atoms. The number of rotatable bonds is 4. The second-order valence-corrected chi connectivity index (χ2v) is 6.88. The van der Waals surface area contributed by atoms with Crippen molar-refractivity contribution in [2.45, 2.75) is 19.3 Å². The van der Waals surface area contributed by atoms with E-state index in [2.05, 4.69) is 36.9 Å². The number of carbonyl (C=O) groups is 2. The number of amides is 2. The third kappa shape index (κ3) is 4.20. The van der Waals surface area contributed by atoms with E-state index in [1.807, 2.05) is 5.01 Å². The van der Waals surface area contributed by atoms with E-state index in [0.717, 1.165) is 25.9 Å². The molecule has 1 fully saturated rings. The number of hydrogen-bond acceptors (Lipinski definition) is 4. The highest BCUT2D eigenvalue weighted by Crippen LogP contribution is 2.25. The monoisotopic (exact) mass is 425 g/mol. The topological polar surface area (TPSA) is 90.1 Å². The van der Waals surface area contributed by atoms with Crippen LogP contribution in [0, 0.1) is 0 Å². The maximum Gasteiger partial charge on any atom is 0.287 e. The summed E-state index contributed by atoms with van der Waals surface area (Å²) in [6, 6.07) is 6.72. The molecule has 1 aromatic carbocycles. The summed E-state index contributed by atoms with van der Waals surface area (Å²) in [6.07, 6.45) is 3.29. The maximum absolute atomic E-state index is 12.4. The van der Waals surface area contributed by atoms with Crippen LogP contribution in [0.4, 0.5) is 5.82 Å². The van der Waals surface area contributed by atoms with Gasteiger partial charge < -0.3 is 5.32 Å². The van der Waals surface area contributed by atoms with E-state index >= 15 is 0 Å². The van der Waals surface area contributed by atoms with Gasteiger partial charge in [-0.1, -0.05) is 30.2 Å². The summed E-state index contributed by atoms with van der Waals surface area (Å²) in [4.78, 5) is 24.7. The number of hydrazine groups is 1. The third-order valence-corrected chi connectivity index (χ3v) is 5.00. The fourth-order valence-corrected chi connectivity index (χ4v) is 3.27. The average molecular weight is 427 g/mol. The van der Waals surface area contributed by atoms with Crippen LogP contribution in [0.5, 0.6) is 0 Å². The van der Waals surface area contributed by atoms with Gasteiger partial charge in [-0.2, -0.15) is 5.10 Å². The summed E-state index contributed by atoms with van der Waals surface area (Å²) in [7, 11) is 0. The van der Waals surface area contributed by atoms with Gasteiger partial charge in [0.05, 0.1) is 15.1 Å². The van der Waals surface area contributed by atoms with Crippen LogP contribution in [0.1, 0.15) is 40.1 Å². The highest BCUT2D eigenvalue weighted by Gasteiger charge is 2.22. The highest BCUT2D eigenvalue weighted by molar-refractivity contribution is 9.10. The number of aromatic nitrogens is 2. The molecule has 0 atom stereocenters. The zero-order valence-electron chi connectivity index (χ0n) is 13.3. The summed E-state index contributed by atoms with van der Waals surface area (Å²) in [5.74, 6) is -0.421. The molecule has 25 heavy (non-hydrogen) atoms. The summed E-state index contributed by atoms with van der Waals surface area (Å²) >= 11 is 9.34. The second kappa shape index (κ2) is 7.99. The Morgan fingerprint density at radius 2 is 1.88 bits per heavy atom. The van der Waals surface area contributed by atoms with Crippen LogP contribution in [0.2, 0.25) is 5.02 Å². The molecule has 1 aromatic heterocycles. The standard InChI is InChI=1S/C16H17BrClN5O2/c17-12-13(16(25)22-23-8-4-1-5-9-23)20-21-14(12)19-15(24)10-6-2-3-7-11(10)18/h2-3,6-7H,1,4-5,8-9H2,(H,22,25)(H2,19,20,21,24). The lowest BCUT2D eigenvalue weighted by Gasteiger charge is -2.26. The predicted molar refractivity (Wildman–Crippen MR) is 98.6 cm³/mol. The van der Waals surface area contributed by atoms with Crippen molar-refractivity contribution in [1.29, 1.82) is 0 Å². The lowest BCUT2D eigenvalue weighted by molar-refractivity contribution is 0.0743. The Kier molecular flexibility index (Phi) is 5.72. The number of nitrogens with one attached hydrogen (secondary N) is 3. The van der Waals surface area contributed by atoms with E-state index < -0.39 is 5.91 Å². The number of nitrogens with zero attached hydrogens (tertiary/aromatic N) is 2. The molecule has 0 unspecified atom stereocenters. The smallest absolute Gasteiger partial charge is 0.287 e. The molecule has 7 nitrogen and oxygen atoms in total. The van der Waals surface area contributed by atoms with Crippen LogP contribution in [0.15, 0.2) is 28.7 Å². The predicted octanol–water partition coefficient (Wildman–Crippen LogP) is 3.21. The molecule has 0 spiro atoms. The molecule has 0 saturated carbocycles. The third-order valence-electron chi connectivity index (χ3n) is 3.89. The van der Waals surface area contributed by atoms with Gasteiger partial charge in [-0.25, -0.2) is 5.01 Å². The first-order chi connectivity index (χ1) is 12.1. The zero-order valence-corrected chi connectivity index (χ0v) is 15.7. The van der Waals surface area contributed by atoms with Crippen LogP contribution in [0.3, 0.4) is 0 Å². The lowest BCUT2D eigenvalue weighted by Crippen LogP contribution is -2.45. The van der Waals surface area contributed by atoms with E-state index in [-0.39, 0.29) is 11.6 Å². The molecular weight excluding hydrogens is 410 g/mol. The van der Waals surface area contributed by atoms with Crippen LogP contribution < -0.4 is 10.7 Å². The molecule has 2 aromatic rings. The van der Waals surface area contributed by atoms with E-state index in [4.69, 9.17) is 11.6 Å². The Hall–Kier alpha value is -1.90. The second-order valence-electron chi connectivity index (χ2n) is 5.68. The van der Waals surface area contributed by atoms with Crippen molar-refractivity contribution < 1.29 is 9.59 Å². The van der Waals surface area contributed by atoms with E-state index in [1.165, 1.54) is 6.42 Å². The fourth-order valence-electron chi connectivity index (χ4n) is 2.59. The molecule has 2 amide bonds. The highest BCUT2D eigenvalue weighted by atomic mass is 79.9. The normalized spacial score (nSPS) is 15.0. The molecule has 1 aliphatic heterocycles. The number of carbonyl (C=O) groups excluding carboxylic acids is 2. The maximum atomic E-state index is 12.4. The average Bonchev–Trinajstić information content (AvgIpc) is 2.97. The number of anilines is 1. The lowest BCUT2D eigenvalue weighted by atomic mass is 10.2. The van der Waals surface area contributed by atoms with Gasteiger partial charge in [0.15, 0.2) is 5.69 Å². The van der Waals surface area contributed by atoms with Gasteiger partial charge in [-0.3, -0.25) is 20.1 Å². The van der Waals surface area contributed by atoms with Crippen molar-refractivity contribution >= 4 is 45.2 Å². The molecule has 0 radical (unpaired) electrons.